The van der Waals surface area contributed by atoms with Crippen molar-refractivity contribution in [2.45, 2.75) is 56.7 Å². The number of anilines is 1. The van der Waals surface area contributed by atoms with Gasteiger partial charge in [0, 0.05) is 32.5 Å². The van der Waals surface area contributed by atoms with Crippen molar-refractivity contribution >= 4 is 11.9 Å². The van der Waals surface area contributed by atoms with Crippen molar-refractivity contribution in [1.82, 2.24) is 20.2 Å². The second-order valence-electron chi connectivity index (χ2n) is 7.33. The minimum Gasteiger partial charge on any atom is -0.389 e. The lowest BCUT2D eigenvalue weighted by molar-refractivity contribution is 0.0338. The Balaban J connectivity index is 1.66. The molecule has 3 rings (SSSR count). The molecule has 0 spiro atoms. The van der Waals surface area contributed by atoms with Crippen LogP contribution in [0, 0.1) is 0 Å². The topological polar surface area (TPSA) is 81.6 Å². The van der Waals surface area contributed by atoms with E-state index >= 15 is 0 Å². The van der Waals surface area contributed by atoms with Crippen molar-refractivity contribution in [3.05, 3.63) is 18.0 Å². The van der Waals surface area contributed by atoms with Gasteiger partial charge in [0.2, 0.25) is 5.95 Å². The van der Waals surface area contributed by atoms with Crippen LogP contribution in [0.25, 0.3) is 0 Å². The Morgan fingerprint density at radius 2 is 1.80 bits per heavy atom. The highest BCUT2D eigenvalue weighted by Crippen LogP contribution is 2.26. The lowest BCUT2D eigenvalue weighted by Gasteiger charge is -2.34. The molecular weight excluding hydrogens is 318 g/mol. The molecule has 0 aromatic carbocycles. The Morgan fingerprint density at radius 1 is 1.16 bits per heavy atom. The summed E-state index contributed by atoms with van der Waals surface area (Å²) in [5, 5.41) is 13.9. The van der Waals surface area contributed by atoms with Crippen molar-refractivity contribution in [2.75, 3.05) is 32.1 Å². The first kappa shape index (κ1) is 18.1. The van der Waals surface area contributed by atoms with Crippen LogP contribution in [-0.2, 0) is 0 Å². The maximum absolute atomic E-state index is 12.6. The van der Waals surface area contributed by atoms with Crippen molar-refractivity contribution < 1.29 is 9.90 Å². The van der Waals surface area contributed by atoms with Crippen LogP contribution in [0.5, 0.6) is 0 Å². The number of hydrogen-bond acceptors (Lipinski definition) is 6. The van der Waals surface area contributed by atoms with E-state index in [1.54, 1.807) is 17.3 Å². The molecule has 1 saturated carbocycles. The molecule has 2 aliphatic rings. The Hall–Kier alpha value is -1.73. The zero-order valence-corrected chi connectivity index (χ0v) is 15.2. The van der Waals surface area contributed by atoms with Gasteiger partial charge in [0.25, 0.3) is 5.91 Å². The van der Waals surface area contributed by atoms with E-state index < -0.39 is 6.10 Å². The third kappa shape index (κ3) is 4.27. The highest BCUT2D eigenvalue weighted by molar-refractivity contribution is 5.93. The fourth-order valence-corrected chi connectivity index (χ4v) is 3.88. The predicted octanol–water partition coefficient (Wildman–Crippen LogP) is 1.04. The van der Waals surface area contributed by atoms with Gasteiger partial charge in [-0.2, -0.15) is 0 Å². The normalized spacial score (nSPS) is 27.7. The molecule has 0 bridgehead atoms. The molecule has 25 heavy (non-hydrogen) atoms. The molecule has 138 valence electrons. The Morgan fingerprint density at radius 3 is 2.44 bits per heavy atom. The second-order valence-corrected chi connectivity index (χ2v) is 7.33. The maximum Gasteiger partial charge on any atom is 0.254 e. The van der Waals surface area contributed by atoms with Gasteiger partial charge < -0.3 is 15.3 Å². The van der Waals surface area contributed by atoms with Crippen molar-refractivity contribution in [2.24, 2.45) is 0 Å². The molecule has 2 fully saturated rings. The first-order chi connectivity index (χ1) is 12.1. The predicted molar refractivity (Wildman–Crippen MR) is 96.7 cm³/mol. The van der Waals surface area contributed by atoms with Crippen LogP contribution in [0.2, 0.25) is 0 Å². The van der Waals surface area contributed by atoms with Crippen LogP contribution in [0.3, 0.4) is 0 Å². The zero-order chi connectivity index (χ0) is 17.8. The summed E-state index contributed by atoms with van der Waals surface area (Å²) >= 11 is 0. The number of nitrogens with zero attached hydrogens (tertiary/aromatic N) is 4. The number of aliphatic hydroxyl groups excluding tert-OH is 1. The Labute approximate surface area is 149 Å². The van der Waals surface area contributed by atoms with E-state index in [9.17, 15) is 9.90 Å². The number of likely N-dealkylation sites (tertiary alicyclic amines) is 1. The maximum atomic E-state index is 12.6. The van der Waals surface area contributed by atoms with Gasteiger partial charge in [0.05, 0.1) is 17.7 Å². The summed E-state index contributed by atoms with van der Waals surface area (Å²) in [6.07, 6.45) is 8.92. The number of hydrogen-bond donors (Lipinski definition) is 2. The van der Waals surface area contributed by atoms with Gasteiger partial charge in [-0.15, -0.1) is 0 Å². The molecule has 1 aromatic heterocycles. The molecule has 0 radical (unpaired) electrons. The number of rotatable bonds is 4. The molecule has 2 heterocycles. The molecule has 1 aromatic rings. The van der Waals surface area contributed by atoms with Gasteiger partial charge in [-0.3, -0.25) is 9.69 Å². The average Bonchev–Trinajstić information content (AvgIpc) is 3.08. The largest absolute Gasteiger partial charge is 0.389 e. The first-order valence-electron chi connectivity index (χ1n) is 9.28. The van der Waals surface area contributed by atoms with Crippen LogP contribution in [-0.4, -0.2) is 71.3 Å². The van der Waals surface area contributed by atoms with Gasteiger partial charge >= 0.3 is 0 Å². The summed E-state index contributed by atoms with van der Waals surface area (Å²) in [6, 6.07) is -0.0585. The van der Waals surface area contributed by atoms with Gasteiger partial charge in [-0.25, -0.2) is 9.97 Å². The minimum atomic E-state index is -0.522. The summed E-state index contributed by atoms with van der Waals surface area (Å²) in [4.78, 5) is 25.1. The van der Waals surface area contributed by atoms with Crippen molar-refractivity contribution in [3.8, 4) is 0 Å². The summed E-state index contributed by atoms with van der Waals surface area (Å²) in [5.41, 5.74) is 0.430. The molecule has 1 saturated heterocycles. The number of aromatic nitrogens is 2. The van der Waals surface area contributed by atoms with E-state index in [1.807, 2.05) is 14.1 Å². The van der Waals surface area contributed by atoms with Crippen LogP contribution >= 0.6 is 0 Å². The summed E-state index contributed by atoms with van der Waals surface area (Å²) in [7, 11) is 3.71. The highest BCUT2D eigenvalue weighted by atomic mass is 16.3. The fraction of sp³-hybridized carbons (Fsp3) is 0.722. The lowest BCUT2D eigenvalue weighted by atomic mass is 10.00. The molecular formula is C18H29N5O2. The molecule has 7 heteroatoms. The first-order valence-corrected chi connectivity index (χ1v) is 9.28. The van der Waals surface area contributed by atoms with Crippen LogP contribution in [0.15, 0.2) is 12.4 Å². The number of aliphatic hydroxyl groups is 1. The molecule has 1 amide bonds. The number of carbonyl (C=O) groups excluding carboxylic acids is 1. The van der Waals surface area contributed by atoms with E-state index in [0.29, 0.717) is 11.5 Å². The van der Waals surface area contributed by atoms with Crippen LogP contribution in [0.4, 0.5) is 5.95 Å². The number of amides is 1. The monoisotopic (exact) mass is 347 g/mol. The molecule has 1 aliphatic heterocycles. The van der Waals surface area contributed by atoms with E-state index in [2.05, 4.69) is 20.2 Å². The summed E-state index contributed by atoms with van der Waals surface area (Å²) in [5.74, 6) is 0.358. The quantitative estimate of drug-likeness (QED) is 0.792. The third-order valence-electron chi connectivity index (χ3n) is 5.30. The standard InChI is InChI=1S/C18H29N5O2/c1-22(2)18-19-11-13(12-20-18)17(25)21-14-7-3-4-8-15(16(14)24)23-9-5-6-10-23/h11-12,14-16,24H,3-10H2,1-2H3,(H,21,25)/t14-,15-,16-/m1/s1. The third-order valence-corrected chi connectivity index (χ3v) is 5.30. The smallest absolute Gasteiger partial charge is 0.254 e. The van der Waals surface area contributed by atoms with Gasteiger partial charge in [0.1, 0.15) is 0 Å². The SMILES string of the molecule is CN(C)c1ncc(C(=O)N[C@@H]2CCCC[C@@H](N3CCCC3)[C@@H]2O)cn1. The molecule has 3 atom stereocenters. The van der Waals surface area contributed by atoms with E-state index in [0.717, 1.165) is 38.8 Å². The summed E-state index contributed by atoms with van der Waals surface area (Å²) in [6.45, 7) is 2.12. The van der Waals surface area contributed by atoms with Crippen molar-refractivity contribution in [3.63, 3.8) is 0 Å². The molecule has 0 unspecified atom stereocenters. The van der Waals surface area contributed by atoms with Crippen LogP contribution in [0.1, 0.15) is 48.9 Å². The summed E-state index contributed by atoms with van der Waals surface area (Å²) < 4.78 is 0. The highest BCUT2D eigenvalue weighted by Gasteiger charge is 2.35. The van der Waals surface area contributed by atoms with E-state index in [4.69, 9.17) is 0 Å². The fourth-order valence-electron chi connectivity index (χ4n) is 3.88. The lowest BCUT2D eigenvalue weighted by Crippen LogP contribution is -2.52. The zero-order valence-electron chi connectivity index (χ0n) is 15.2. The van der Waals surface area contributed by atoms with Gasteiger partial charge in [0.15, 0.2) is 0 Å². The van der Waals surface area contributed by atoms with Gasteiger partial charge in [-0.1, -0.05) is 12.8 Å². The molecule has 1 aliphatic carbocycles. The van der Waals surface area contributed by atoms with Gasteiger partial charge in [-0.05, 0) is 38.8 Å². The van der Waals surface area contributed by atoms with E-state index in [1.165, 1.54) is 12.8 Å². The molecule has 2 N–H and O–H groups in total. The Kier molecular flexibility index (Phi) is 5.86. The average molecular weight is 347 g/mol. The van der Waals surface area contributed by atoms with Crippen LogP contribution < -0.4 is 10.2 Å². The van der Waals surface area contributed by atoms with Crippen molar-refractivity contribution in [1.29, 1.82) is 0 Å². The number of carbonyl (C=O) groups is 1. The second kappa shape index (κ2) is 8.10. The Bertz CT molecular complexity index is 571. The number of nitrogens with one attached hydrogen (secondary N) is 1. The van der Waals surface area contributed by atoms with E-state index in [-0.39, 0.29) is 18.0 Å². The minimum absolute atomic E-state index is 0.155. The molecule has 7 nitrogen and oxygen atoms in total.